The van der Waals surface area contributed by atoms with Gasteiger partial charge in [-0.3, -0.25) is 19.8 Å². The van der Waals surface area contributed by atoms with Crippen molar-refractivity contribution in [1.29, 1.82) is 0 Å². The summed E-state index contributed by atoms with van der Waals surface area (Å²) < 4.78 is 5.32. The van der Waals surface area contributed by atoms with E-state index in [1.54, 1.807) is 22.8 Å². The predicted molar refractivity (Wildman–Crippen MR) is 116 cm³/mol. The van der Waals surface area contributed by atoms with Gasteiger partial charge < -0.3 is 21.1 Å². The highest BCUT2D eigenvalue weighted by Crippen LogP contribution is 2.42. The third-order valence-electron chi connectivity index (χ3n) is 6.19. The molecule has 2 heterocycles. The van der Waals surface area contributed by atoms with Crippen LogP contribution in [-0.4, -0.2) is 59.6 Å². The van der Waals surface area contributed by atoms with Crippen LogP contribution in [0.1, 0.15) is 48.0 Å². The largest absolute Gasteiger partial charge is 0.378 e. The first-order valence-corrected chi connectivity index (χ1v) is 10.5. The molecule has 11 nitrogen and oxygen atoms in total. The molecule has 11 heteroatoms. The van der Waals surface area contributed by atoms with E-state index in [2.05, 4.69) is 9.98 Å². The second kappa shape index (κ2) is 8.14. The Morgan fingerprint density at radius 2 is 1.87 bits per heavy atom. The van der Waals surface area contributed by atoms with Crippen LogP contribution >= 0.6 is 0 Å². The van der Waals surface area contributed by atoms with Crippen molar-refractivity contribution in [3.63, 3.8) is 0 Å². The molecule has 4 rings (SSSR count). The Balaban J connectivity index is 1.84. The molecule has 1 spiro atoms. The van der Waals surface area contributed by atoms with E-state index in [1.165, 1.54) is 6.07 Å². The van der Waals surface area contributed by atoms with E-state index in [-0.39, 0.29) is 29.1 Å². The molecule has 0 unspecified atom stereocenters. The summed E-state index contributed by atoms with van der Waals surface area (Å²) in [4.78, 5) is 36.7. The number of morpholine rings is 1. The Kier molecular flexibility index (Phi) is 5.52. The Labute approximate surface area is 179 Å². The smallest absolute Gasteiger partial charge is 0.275 e. The summed E-state index contributed by atoms with van der Waals surface area (Å²) in [5.74, 6) is -0.0491. The molecule has 1 saturated heterocycles. The number of guanidine groups is 2. The van der Waals surface area contributed by atoms with E-state index in [1.807, 2.05) is 0 Å². The average molecular weight is 429 g/mol. The SMILES string of the molecule is Cc1c(N2C(N)=NC(N)=NC23CCCCC3)cc(C(=O)N2CCOCC2)cc1[N+](=O)[O-]. The van der Waals surface area contributed by atoms with Crippen LogP contribution in [0.5, 0.6) is 0 Å². The molecule has 0 atom stereocenters. The van der Waals surface area contributed by atoms with E-state index in [0.29, 0.717) is 50.4 Å². The zero-order valence-electron chi connectivity index (χ0n) is 17.5. The topological polar surface area (TPSA) is 153 Å². The maximum Gasteiger partial charge on any atom is 0.275 e. The molecule has 1 aromatic rings. The van der Waals surface area contributed by atoms with E-state index < -0.39 is 10.6 Å². The van der Waals surface area contributed by atoms with Gasteiger partial charge in [-0.15, -0.1) is 0 Å². The summed E-state index contributed by atoms with van der Waals surface area (Å²) in [6, 6.07) is 3.00. The molecule has 1 amide bonds. The number of hydrogen-bond acceptors (Lipinski definition) is 9. The third kappa shape index (κ3) is 3.80. The Hall–Kier alpha value is -3.21. The number of carbonyl (C=O) groups is 1. The molecule has 1 aromatic carbocycles. The van der Waals surface area contributed by atoms with Gasteiger partial charge in [0.1, 0.15) is 5.66 Å². The average Bonchev–Trinajstić information content (AvgIpc) is 2.74. The number of nitro benzene ring substituents is 1. The number of benzene rings is 1. The van der Waals surface area contributed by atoms with Crippen molar-refractivity contribution in [3.8, 4) is 0 Å². The van der Waals surface area contributed by atoms with E-state index in [4.69, 9.17) is 16.2 Å². The molecule has 0 aromatic heterocycles. The normalized spacial score (nSPS) is 20.9. The minimum atomic E-state index is -0.757. The standard InChI is InChI=1S/C20H27N7O4/c1-13-15(26-19(22)23-18(21)24-20(26)5-3-2-4-6-20)11-14(12-16(13)27(29)30)17(28)25-7-9-31-10-8-25/h11-12H,2-10H2,1H3,(H4,21,22,23,24). The van der Waals surface area contributed by atoms with Crippen LogP contribution in [-0.2, 0) is 4.74 Å². The number of ether oxygens (including phenoxy) is 1. The van der Waals surface area contributed by atoms with Gasteiger partial charge in [0.2, 0.25) is 11.9 Å². The van der Waals surface area contributed by atoms with Crippen LogP contribution in [0.2, 0.25) is 0 Å². The molecule has 166 valence electrons. The Bertz CT molecular complexity index is 963. The van der Waals surface area contributed by atoms with Crippen LogP contribution in [0.25, 0.3) is 0 Å². The second-order valence-corrected chi connectivity index (χ2v) is 8.12. The van der Waals surface area contributed by atoms with Crippen molar-refractivity contribution in [2.75, 3.05) is 31.2 Å². The molecular weight excluding hydrogens is 402 g/mol. The van der Waals surface area contributed by atoms with Gasteiger partial charge in [-0.1, -0.05) is 6.42 Å². The first-order valence-electron chi connectivity index (χ1n) is 10.5. The van der Waals surface area contributed by atoms with Gasteiger partial charge in [-0.05, 0) is 38.7 Å². The first-order chi connectivity index (χ1) is 14.8. The lowest BCUT2D eigenvalue weighted by Crippen LogP contribution is -2.58. The van der Waals surface area contributed by atoms with E-state index in [0.717, 1.165) is 19.3 Å². The number of rotatable bonds is 3. The number of aliphatic imine (C=N–C) groups is 2. The highest BCUT2D eigenvalue weighted by molar-refractivity contribution is 6.07. The van der Waals surface area contributed by atoms with E-state index in [9.17, 15) is 14.9 Å². The van der Waals surface area contributed by atoms with Crippen LogP contribution in [0, 0.1) is 17.0 Å². The van der Waals surface area contributed by atoms with Crippen molar-refractivity contribution in [2.24, 2.45) is 21.5 Å². The molecule has 4 N–H and O–H groups in total. The molecule has 31 heavy (non-hydrogen) atoms. The van der Waals surface area contributed by atoms with Crippen molar-refractivity contribution < 1.29 is 14.5 Å². The lowest BCUT2D eigenvalue weighted by atomic mass is 9.86. The maximum absolute atomic E-state index is 13.1. The molecule has 0 bridgehead atoms. The van der Waals surface area contributed by atoms with Crippen molar-refractivity contribution in [2.45, 2.75) is 44.7 Å². The number of anilines is 1. The minimum absolute atomic E-state index is 0.100. The van der Waals surface area contributed by atoms with E-state index >= 15 is 0 Å². The number of hydrogen-bond donors (Lipinski definition) is 2. The quantitative estimate of drug-likeness (QED) is 0.545. The summed E-state index contributed by atoms with van der Waals surface area (Å²) in [6.45, 7) is 3.41. The third-order valence-corrected chi connectivity index (χ3v) is 6.19. The zero-order valence-corrected chi connectivity index (χ0v) is 17.5. The number of carbonyl (C=O) groups excluding carboxylic acids is 1. The number of nitrogens with two attached hydrogens (primary N) is 2. The van der Waals surface area contributed by atoms with Gasteiger partial charge in [-0.25, -0.2) is 4.99 Å². The summed E-state index contributed by atoms with van der Waals surface area (Å²) in [5, 5.41) is 11.8. The van der Waals surface area contributed by atoms with Gasteiger partial charge >= 0.3 is 0 Å². The highest BCUT2D eigenvalue weighted by Gasteiger charge is 2.44. The fraction of sp³-hybridized carbons (Fsp3) is 0.550. The van der Waals surface area contributed by atoms with Gasteiger partial charge in [0.05, 0.1) is 29.4 Å². The predicted octanol–water partition coefficient (Wildman–Crippen LogP) is 1.49. The van der Waals surface area contributed by atoms with Crippen molar-refractivity contribution >= 4 is 29.2 Å². The van der Waals surface area contributed by atoms with Crippen molar-refractivity contribution in [3.05, 3.63) is 33.4 Å². The molecule has 0 radical (unpaired) electrons. The monoisotopic (exact) mass is 429 g/mol. The minimum Gasteiger partial charge on any atom is -0.378 e. The first kappa shape index (κ1) is 21.0. The molecular formula is C20H27N7O4. The molecule has 3 aliphatic rings. The van der Waals surface area contributed by atoms with Crippen LogP contribution in [0.4, 0.5) is 11.4 Å². The fourth-order valence-electron chi connectivity index (χ4n) is 4.65. The fourth-order valence-corrected chi connectivity index (χ4v) is 4.65. The van der Waals surface area contributed by atoms with Crippen LogP contribution in [0.15, 0.2) is 22.1 Å². The highest BCUT2D eigenvalue weighted by atomic mass is 16.6. The van der Waals surface area contributed by atoms with Gasteiger partial charge in [0, 0.05) is 24.7 Å². The number of nitro groups is 1. The summed E-state index contributed by atoms with van der Waals surface area (Å²) in [7, 11) is 0. The maximum atomic E-state index is 13.1. The molecule has 1 aliphatic carbocycles. The molecule has 2 aliphatic heterocycles. The van der Waals surface area contributed by atoms with Gasteiger partial charge in [0.15, 0.2) is 0 Å². The summed E-state index contributed by atoms with van der Waals surface area (Å²) >= 11 is 0. The summed E-state index contributed by atoms with van der Waals surface area (Å²) in [5.41, 5.74) is 12.4. The lowest BCUT2D eigenvalue weighted by Gasteiger charge is -2.46. The summed E-state index contributed by atoms with van der Waals surface area (Å²) in [6.07, 6.45) is 4.30. The zero-order chi connectivity index (χ0) is 22.2. The van der Waals surface area contributed by atoms with Crippen LogP contribution in [0.3, 0.4) is 0 Å². The number of nitrogens with zero attached hydrogens (tertiary/aromatic N) is 5. The second-order valence-electron chi connectivity index (χ2n) is 8.12. The van der Waals surface area contributed by atoms with Gasteiger partial charge in [0.25, 0.3) is 11.6 Å². The van der Waals surface area contributed by atoms with Crippen LogP contribution < -0.4 is 16.4 Å². The Morgan fingerprint density at radius 3 is 2.52 bits per heavy atom. The van der Waals surface area contributed by atoms with Crippen molar-refractivity contribution in [1.82, 2.24) is 4.90 Å². The van der Waals surface area contributed by atoms with Gasteiger partial charge in [-0.2, -0.15) is 4.99 Å². The lowest BCUT2D eigenvalue weighted by molar-refractivity contribution is -0.385. The Morgan fingerprint density at radius 1 is 1.19 bits per heavy atom. The molecule has 2 fully saturated rings. The molecule has 1 saturated carbocycles. The number of amides is 1.